The second kappa shape index (κ2) is 10.1. The Balaban J connectivity index is 2.64. The van der Waals surface area contributed by atoms with Crippen molar-refractivity contribution in [3.05, 3.63) is 48.0 Å². The molecule has 8 heteroatoms. The van der Waals surface area contributed by atoms with Crippen molar-refractivity contribution < 1.29 is 22.7 Å². The molecule has 1 N–H and O–H groups in total. The number of hydrogen-bond acceptors (Lipinski definition) is 6. The molecule has 2 aromatic rings. The van der Waals surface area contributed by atoms with Crippen LogP contribution in [0.25, 0.3) is 0 Å². The summed E-state index contributed by atoms with van der Waals surface area (Å²) in [7, 11) is -4.15. The molecule has 0 saturated carbocycles. The van der Waals surface area contributed by atoms with Crippen LogP contribution < -0.4 is 10.1 Å². The number of benzene rings is 2. The number of carbonyl (C=O) groups excluding carboxylic acids is 1. The highest BCUT2D eigenvalue weighted by Gasteiger charge is 2.26. The van der Waals surface area contributed by atoms with Gasteiger partial charge in [-0.1, -0.05) is 31.5 Å². The third-order valence-corrected chi connectivity index (χ3v) is 5.09. The van der Waals surface area contributed by atoms with Crippen molar-refractivity contribution >= 4 is 28.4 Å². The van der Waals surface area contributed by atoms with Crippen molar-refractivity contribution in [2.75, 3.05) is 11.9 Å². The van der Waals surface area contributed by atoms with Crippen LogP contribution in [0, 0.1) is 0 Å². The van der Waals surface area contributed by atoms with E-state index in [9.17, 15) is 13.2 Å². The van der Waals surface area contributed by atoms with E-state index in [2.05, 4.69) is 16.4 Å². The molecule has 29 heavy (non-hydrogen) atoms. The number of para-hydroxylation sites is 1. The molecule has 0 atom stereocenters. The first kappa shape index (κ1) is 22.4. The Kier molecular flexibility index (Phi) is 7.78. The number of sulfonamides is 1. The summed E-state index contributed by atoms with van der Waals surface area (Å²) >= 11 is 0. The first-order valence-electron chi connectivity index (χ1n) is 9.37. The first-order valence-corrected chi connectivity index (χ1v) is 10.8. The quantitative estimate of drug-likeness (QED) is 0.343. The fourth-order valence-electron chi connectivity index (χ4n) is 2.51. The third-order valence-electron chi connectivity index (χ3n) is 3.89. The predicted octanol–water partition coefficient (Wildman–Crippen LogP) is 4.65. The summed E-state index contributed by atoms with van der Waals surface area (Å²) in [6.07, 6.45) is 1.45. The maximum absolute atomic E-state index is 12.6. The molecule has 0 amide bonds. The summed E-state index contributed by atoms with van der Waals surface area (Å²) in [5.74, 6) is -0.129. The van der Waals surface area contributed by atoms with Crippen LogP contribution in [0.15, 0.2) is 51.8 Å². The molecule has 0 fully saturated rings. The summed E-state index contributed by atoms with van der Waals surface area (Å²) < 4.78 is 39.6. The minimum Gasteiger partial charge on any atom is -0.459 e. The number of nitrogens with one attached hydrogen (secondary N) is 1. The highest BCUT2D eigenvalue weighted by atomic mass is 32.2. The molecule has 2 rings (SSSR count). The maximum atomic E-state index is 12.6. The summed E-state index contributed by atoms with van der Waals surface area (Å²) in [6.45, 7) is 9.20. The van der Waals surface area contributed by atoms with Crippen LogP contribution >= 0.6 is 0 Å². The average molecular weight is 419 g/mol. The van der Waals surface area contributed by atoms with E-state index in [1.54, 1.807) is 38.1 Å². The molecule has 0 aromatic heterocycles. The monoisotopic (exact) mass is 418 g/mol. The zero-order valence-electron chi connectivity index (χ0n) is 16.8. The zero-order chi connectivity index (χ0) is 21.4. The number of esters is 1. The summed E-state index contributed by atoms with van der Waals surface area (Å²) in [5.41, 5.74) is 0.447. The number of nitrogens with zero attached hydrogens (tertiary/aromatic N) is 1. The van der Waals surface area contributed by atoms with Gasteiger partial charge in [-0.2, -0.15) is 12.8 Å². The van der Waals surface area contributed by atoms with Crippen LogP contribution in [-0.2, 0) is 14.8 Å². The summed E-state index contributed by atoms with van der Waals surface area (Å²) in [6, 6.07) is 11.5. The van der Waals surface area contributed by atoms with Gasteiger partial charge >= 0.3 is 5.97 Å². The van der Waals surface area contributed by atoms with Gasteiger partial charge in [0.25, 0.3) is 10.0 Å². The van der Waals surface area contributed by atoms with Gasteiger partial charge in [0.1, 0.15) is 10.6 Å². The van der Waals surface area contributed by atoms with Crippen molar-refractivity contribution in [2.24, 2.45) is 4.40 Å². The Hall–Kier alpha value is -2.87. The molecule has 0 aliphatic heterocycles. The smallest absolute Gasteiger partial charge is 0.338 e. The minimum absolute atomic E-state index is 0.0563. The fraction of sp³-hybridized carbons (Fsp3) is 0.333. The number of carbonyl (C=O) groups is 1. The average Bonchev–Trinajstić information content (AvgIpc) is 2.69. The highest BCUT2D eigenvalue weighted by Crippen LogP contribution is 2.38. The van der Waals surface area contributed by atoms with Gasteiger partial charge in [-0.3, -0.25) is 0 Å². The van der Waals surface area contributed by atoms with E-state index in [1.807, 2.05) is 13.0 Å². The lowest BCUT2D eigenvalue weighted by Crippen LogP contribution is -2.14. The van der Waals surface area contributed by atoms with Gasteiger partial charge < -0.3 is 14.8 Å². The zero-order valence-corrected chi connectivity index (χ0v) is 17.7. The Morgan fingerprint density at radius 3 is 2.48 bits per heavy atom. The molecule has 2 aromatic carbocycles. The van der Waals surface area contributed by atoms with E-state index in [-0.39, 0.29) is 22.3 Å². The lowest BCUT2D eigenvalue weighted by Gasteiger charge is -2.18. The number of hydrogen-bond donors (Lipinski definition) is 1. The molecule has 0 aliphatic carbocycles. The standard InChI is InChI=1S/C21H26N2O5S/c1-5-6-12-23-18-13-16(21(24)27-15(2)3)14-19(29(25,26)22-4)20(18)28-17-10-8-7-9-11-17/h7-11,13-15,23H,4-6,12H2,1-3H3. The van der Waals surface area contributed by atoms with Gasteiger partial charge in [-0.25, -0.2) is 4.79 Å². The van der Waals surface area contributed by atoms with Crippen LogP contribution in [0.2, 0.25) is 0 Å². The molecule has 7 nitrogen and oxygen atoms in total. The largest absolute Gasteiger partial charge is 0.459 e. The van der Waals surface area contributed by atoms with Crippen LogP contribution in [0.5, 0.6) is 11.5 Å². The highest BCUT2D eigenvalue weighted by molar-refractivity contribution is 7.90. The molecule has 0 unspecified atom stereocenters. The van der Waals surface area contributed by atoms with E-state index in [0.29, 0.717) is 18.0 Å². The molecule has 0 saturated heterocycles. The Bertz CT molecular complexity index is 957. The molecule has 0 radical (unpaired) electrons. The Labute approximate surface area is 171 Å². The molecular formula is C21H26N2O5S. The lowest BCUT2D eigenvalue weighted by molar-refractivity contribution is 0.0377. The van der Waals surface area contributed by atoms with Gasteiger partial charge in [0.05, 0.1) is 17.4 Å². The second-order valence-corrected chi connectivity index (χ2v) is 8.25. The van der Waals surface area contributed by atoms with Crippen LogP contribution in [-0.4, -0.2) is 33.8 Å². The van der Waals surface area contributed by atoms with Crippen LogP contribution in [0.1, 0.15) is 44.0 Å². The number of anilines is 1. The van der Waals surface area contributed by atoms with Gasteiger partial charge in [0.15, 0.2) is 5.75 Å². The van der Waals surface area contributed by atoms with E-state index in [1.165, 1.54) is 12.1 Å². The Morgan fingerprint density at radius 2 is 1.90 bits per heavy atom. The van der Waals surface area contributed by atoms with E-state index < -0.39 is 16.0 Å². The Morgan fingerprint density at radius 1 is 1.21 bits per heavy atom. The molecule has 156 valence electrons. The fourth-order valence-corrected chi connectivity index (χ4v) is 3.31. The normalized spacial score (nSPS) is 11.2. The molecule has 0 heterocycles. The van der Waals surface area contributed by atoms with Gasteiger partial charge in [-0.15, -0.1) is 0 Å². The summed E-state index contributed by atoms with van der Waals surface area (Å²) in [4.78, 5) is 12.2. The predicted molar refractivity (Wildman–Crippen MR) is 114 cm³/mol. The maximum Gasteiger partial charge on any atom is 0.338 e. The lowest BCUT2D eigenvalue weighted by atomic mass is 10.1. The van der Waals surface area contributed by atoms with Crippen LogP contribution in [0.4, 0.5) is 5.69 Å². The van der Waals surface area contributed by atoms with Crippen molar-refractivity contribution in [3.8, 4) is 11.5 Å². The van der Waals surface area contributed by atoms with Gasteiger partial charge in [0, 0.05) is 13.3 Å². The molecule has 0 spiro atoms. The first-order chi connectivity index (χ1) is 13.8. The van der Waals surface area contributed by atoms with E-state index in [4.69, 9.17) is 9.47 Å². The molecular weight excluding hydrogens is 392 g/mol. The van der Waals surface area contributed by atoms with Gasteiger partial charge in [0.2, 0.25) is 0 Å². The summed E-state index contributed by atoms with van der Waals surface area (Å²) in [5, 5.41) is 3.16. The number of rotatable bonds is 10. The van der Waals surface area contributed by atoms with Gasteiger partial charge in [-0.05, 0) is 44.5 Å². The van der Waals surface area contributed by atoms with Crippen LogP contribution in [0.3, 0.4) is 0 Å². The molecule has 0 bridgehead atoms. The van der Waals surface area contributed by atoms with Crippen molar-refractivity contribution in [1.82, 2.24) is 0 Å². The third kappa shape index (κ3) is 6.05. The van der Waals surface area contributed by atoms with Crippen molar-refractivity contribution in [1.29, 1.82) is 0 Å². The number of unbranched alkanes of at least 4 members (excludes halogenated alkanes) is 1. The van der Waals surface area contributed by atoms with Crippen molar-refractivity contribution in [3.63, 3.8) is 0 Å². The van der Waals surface area contributed by atoms with E-state index >= 15 is 0 Å². The van der Waals surface area contributed by atoms with E-state index in [0.717, 1.165) is 12.8 Å². The second-order valence-electron chi connectivity index (χ2n) is 6.60. The minimum atomic E-state index is -4.15. The number of ether oxygens (including phenoxy) is 2. The topological polar surface area (TPSA) is 94.1 Å². The van der Waals surface area contributed by atoms with Crippen molar-refractivity contribution in [2.45, 2.75) is 44.6 Å². The molecule has 0 aliphatic rings. The SMILES string of the molecule is C=NS(=O)(=O)c1cc(C(=O)OC(C)C)cc(NCCCC)c1Oc1ccccc1.